The van der Waals surface area contributed by atoms with E-state index >= 15 is 0 Å². The Labute approximate surface area is 147 Å². The third kappa shape index (κ3) is 4.36. The van der Waals surface area contributed by atoms with Crippen LogP contribution in [0.25, 0.3) is 10.8 Å². The predicted octanol–water partition coefficient (Wildman–Crippen LogP) is 3.22. The van der Waals surface area contributed by atoms with Crippen molar-refractivity contribution >= 4 is 29.0 Å². The van der Waals surface area contributed by atoms with Crippen molar-refractivity contribution in [1.29, 1.82) is 0 Å². The van der Waals surface area contributed by atoms with Crippen LogP contribution in [0.2, 0.25) is 0 Å². The Morgan fingerprint density at radius 2 is 2.25 bits per heavy atom. The maximum absolute atomic E-state index is 11.9. The molecule has 1 N–H and O–H groups in total. The van der Waals surface area contributed by atoms with Crippen LogP contribution in [0.4, 0.5) is 0 Å². The van der Waals surface area contributed by atoms with Crippen LogP contribution in [0.3, 0.4) is 0 Å². The van der Waals surface area contributed by atoms with Crippen molar-refractivity contribution in [2.24, 2.45) is 0 Å². The number of hydrogen-bond donors (Lipinski definition) is 1. The molecule has 0 bridgehead atoms. The van der Waals surface area contributed by atoms with E-state index in [1.54, 1.807) is 7.11 Å². The quantitative estimate of drug-likeness (QED) is 0.651. The van der Waals surface area contributed by atoms with Gasteiger partial charge in [-0.05, 0) is 29.1 Å². The first kappa shape index (κ1) is 16.5. The molecule has 0 saturated heterocycles. The second-order valence-corrected chi connectivity index (χ2v) is 6.64. The minimum absolute atomic E-state index is 0.0984. The fourth-order valence-corrected chi connectivity index (χ4v) is 3.17. The first-order valence-electron chi connectivity index (χ1n) is 7.14. The number of nitrogens with one attached hydrogen (secondary N) is 1. The summed E-state index contributed by atoms with van der Waals surface area (Å²) in [7, 11) is 1.61. The largest absolute Gasteiger partial charge is 0.497 e. The van der Waals surface area contributed by atoms with Crippen molar-refractivity contribution in [2.75, 3.05) is 12.9 Å². The molecule has 1 amide bonds. The van der Waals surface area contributed by atoms with E-state index in [2.05, 4.69) is 15.5 Å². The number of benzene rings is 1. The minimum atomic E-state index is -0.0984. The van der Waals surface area contributed by atoms with Gasteiger partial charge in [-0.25, -0.2) is 0 Å². The molecular weight excluding hydrogens is 346 g/mol. The second kappa shape index (κ2) is 7.98. The molecule has 0 saturated carbocycles. The summed E-state index contributed by atoms with van der Waals surface area (Å²) in [5.74, 6) is 1.36. The number of thioether (sulfide) groups is 1. The van der Waals surface area contributed by atoms with Gasteiger partial charge in [-0.1, -0.05) is 30.0 Å². The number of amides is 1. The molecule has 0 aliphatic rings. The van der Waals surface area contributed by atoms with E-state index in [1.807, 2.05) is 41.8 Å². The van der Waals surface area contributed by atoms with Gasteiger partial charge in [0.1, 0.15) is 5.75 Å². The van der Waals surface area contributed by atoms with Crippen LogP contribution in [0.5, 0.6) is 5.75 Å². The highest BCUT2D eigenvalue weighted by Gasteiger charge is 2.11. The summed E-state index contributed by atoms with van der Waals surface area (Å²) < 4.78 is 10.7. The summed E-state index contributed by atoms with van der Waals surface area (Å²) in [5.41, 5.74) is 0.977. The molecule has 0 spiro atoms. The molecule has 0 fully saturated rings. The van der Waals surface area contributed by atoms with Gasteiger partial charge in [0, 0.05) is 6.54 Å². The van der Waals surface area contributed by atoms with Crippen molar-refractivity contribution in [3.63, 3.8) is 0 Å². The lowest BCUT2D eigenvalue weighted by molar-refractivity contribution is -0.118. The van der Waals surface area contributed by atoms with Crippen molar-refractivity contribution < 1.29 is 13.9 Å². The zero-order valence-corrected chi connectivity index (χ0v) is 14.5. The summed E-state index contributed by atoms with van der Waals surface area (Å²) in [6.45, 7) is 0.445. The summed E-state index contributed by atoms with van der Waals surface area (Å²) in [5, 5.41) is 13.1. The van der Waals surface area contributed by atoms with Crippen LogP contribution in [-0.4, -0.2) is 29.0 Å². The van der Waals surface area contributed by atoms with Crippen molar-refractivity contribution in [1.82, 2.24) is 15.5 Å². The maximum atomic E-state index is 11.9. The Balaban J connectivity index is 1.47. The molecule has 0 radical (unpaired) electrons. The van der Waals surface area contributed by atoms with Crippen molar-refractivity contribution in [2.45, 2.75) is 11.8 Å². The van der Waals surface area contributed by atoms with Crippen LogP contribution < -0.4 is 10.1 Å². The average molecular weight is 361 g/mol. The van der Waals surface area contributed by atoms with Gasteiger partial charge in [-0.2, -0.15) is 0 Å². The molecule has 0 aliphatic heterocycles. The number of thiophene rings is 1. The highest BCUT2D eigenvalue weighted by molar-refractivity contribution is 7.99. The molecule has 1 aromatic carbocycles. The standard InChI is InChI=1S/C16H15N3O3S2/c1-21-12-5-2-4-11(8-12)9-17-14(20)10-24-16-19-18-15(22-16)13-6-3-7-23-13/h2-8H,9-10H2,1H3,(H,17,20). The Morgan fingerprint density at radius 1 is 1.33 bits per heavy atom. The van der Waals surface area contributed by atoms with Crippen LogP contribution >= 0.6 is 23.1 Å². The Bertz CT molecular complexity index is 803. The molecule has 3 aromatic rings. The monoisotopic (exact) mass is 361 g/mol. The number of aromatic nitrogens is 2. The maximum Gasteiger partial charge on any atom is 0.277 e. The number of ether oxygens (including phenoxy) is 1. The fourth-order valence-electron chi connectivity index (χ4n) is 1.93. The van der Waals surface area contributed by atoms with Gasteiger partial charge in [-0.15, -0.1) is 21.5 Å². The van der Waals surface area contributed by atoms with Crippen LogP contribution in [0.15, 0.2) is 51.4 Å². The van der Waals surface area contributed by atoms with E-state index in [1.165, 1.54) is 23.1 Å². The molecule has 24 heavy (non-hydrogen) atoms. The van der Waals surface area contributed by atoms with Crippen LogP contribution in [0, 0.1) is 0 Å². The van der Waals surface area contributed by atoms with Gasteiger partial charge in [0.15, 0.2) is 0 Å². The summed E-state index contributed by atoms with van der Waals surface area (Å²) in [6.07, 6.45) is 0. The van der Waals surface area contributed by atoms with Gasteiger partial charge in [0.05, 0.1) is 17.7 Å². The molecule has 3 rings (SSSR count). The van der Waals surface area contributed by atoms with E-state index in [0.29, 0.717) is 17.7 Å². The Hall–Kier alpha value is -2.32. The number of nitrogens with zero attached hydrogens (tertiary/aromatic N) is 2. The summed E-state index contributed by atoms with van der Waals surface area (Å²) in [6, 6.07) is 11.4. The van der Waals surface area contributed by atoms with E-state index in [4.69, 9.17) is 9.15 Å². The SMILES string of the molecule is COc1cccc(CNC(=O)CSc2nnc(-c3cccs3)o2)c1. The molecule has 0 aliphatic carbocycles. The number of carbonyl (C=O) groups is 1. The zero-order valence-electron chi connectivity index (χ0n) is 12.9. The molecule has 8 heteroatoms. The lowest BCUT2D eigenvalue weighted by atomic mass is 10.2. The van der Waals surface area contributed by atoms with Crippen molar-refractivity contribution in [3.8, 4) is 16.5 Å². The van der Waals surface area contributed by atoms with Crippen LogP contribution in [-0.2, 0) is 11.3 Å². The zero-order chi connectivity index (χ0) is 16.8. The summed E-state index contributed by atoms with van der Waals surface area (Å²) >= 11 is 2.74. The Morgan fingerprint density at radius 3 is 3.04 bits per heavy atom. The summed E-state index contributed by atoms with van der Waals surface area (Å²) in [4.78, 5) is 12.8. The number of rotatable bonds is 7. The molecule has 0 atom stereocenters. The second-order valence-electron chi connectivity index (χ2n) is 4.77. The highest BCUT2D eigenvalue weighted by Crippen LogP contribution is 2.26. The molecule has 124 valence electrons. The molecule has 6 nitrogen and oxygen atoms in total. The topological polar surface area (TPSA) is 77.2 Å². The molecule has 2 aromatic heterocycles. The van der Waals surface area contributed by atoms with Gasteiger partial charge in [0.2, 0.25) is 5.91 Å². The highest BCUT2D eigenvalue weighted by atomic mass is 32.2. The van der Waals surface area contributed by atoms with E-state index in [9.17, 15) is 4.79 Å². The third-order valence-corrected chi connectivity index (χ3v) is 4.77. The first-order chi connectivity index (χ1) is 11.7. The first-order valence-corrected chi connectivity index (χ1v) is 9.01. The third-order valence-electron chi connectivity index (χ3n) is 3.09. The van der Waals surface area contributed by atoms with E-state index in [-0.39, 0.29) is 11.7 Å². The van der Waals surface area contributed by atoms with Crippen LogP contribution in [0.1, 0.15) is 5.56 Å². The minimum Gasteiger partial charge on any atom is -0.497 e. The number of methoxy groups -OCH3 is 1. The normalized spacial score (nSPS) is 10.5. The Kier molecular flexibility index (Phi) is 5.50. The van der Waals surface area contributed by atoms with Gasteiger partial charge in [-0.3, -0.25) is 4.79 Å². The number of carbonyl (C=O) groups excluding carboxylic acids is 1. The molecule has 0 unspecified atom stereocenters. The molecule has 2 heterocycles. The van der Waals surface area contributed by atoms with Gasteiger partial charge in [0.25, 0.3) is 11.1 Å². The number of hydrogen-bond acceptors (Lipinski definition) is 7. The van der Waals surface area contributed by atoms with E-state index in [0.717, 1.165) is 16.2 Å². The van der Waals surface area contributed by atoms with E-state index < -0.39 is 0 Å². The van der Waals surface area contributed by atoms with Gasteiger partial charge >= 0.3 is 0 Å². The van der Waals surface area contributed by atoms with Gasteiger partial charge < -0.3 is 14.5 Å². The predicted molar refractivity (Wildman–Crippen MR) is 93.2 cm³/mol. The lowest BCUT2D eigenvalue weighted by Gasteiger charge is -2.06. The fraction of sp³-hybridized carbons (Fsp3) is 0.188. The average Bonchev–Trinajstić information content (AvgIpc) is 3.29. The lowest BCUT2D eigenvalue weighted by Crippen LogP contribution is -2.24. The molecular formula is C16H15N3O3S2. The smallest absolute Gasteiger partial charge is 0.277 e. The van der Waals surface area contributed by atoms with Crippen molar-refractivity contribution in [3.05, 3.63) is 47.3 Å².